The molecule has 0 aromatic heterocycles. The van der Waals surface area contributed by atoms with Crippen LogP contribution in [-0.4, -0.2) is 29.0 Å². The molecule has 1 fully saturated rings. The Morgan fingerprint density at radius 1 is 1.50 bits per heavy atom. The van der Waals surface area contributed by atoms with Gasteiger partial charge in [-0.05, 0) is 38.1 Å². The van der Waals surface area contributed by atoms with E-state index >= 15 is 0 Å². The molecule has 0 heterocycles. The van der Waals surface area contributed by atoms with Crippen molar-refractivity contribution in [3.05, 3.63) is 0 Å². The van der Waals surface area contributed by atoms with Gasteiger partial charge in [0.05, 0.1) is 5.60 Å². The molecule has 0 aromatic rings. The number of rotatable bonds is 3. The summed E-state index contributed by atoms with van der Waals surface area (Å²) in [6.07, 6.45) is 4.26. The van der Waals surface area contributed by atoms with E-state index in [1.54, 1.807) is 0 Å². The molecule has 1 aliphatic rings. The zero-order valence-corrected chi connectivity index (χ0v) is 7.50. The molecule has 1 saturated carbocycles. The average Bonchev–Trinajstić information content (AvgIpc) is 2.04. The van der Waals surface area contributed by atoms with Crippen molar-refractivity contribution in [3.8, 4) is 0 Å². The van der Waals surface area contributed by atoms with Gasteiger partial charge < -0.3 is 15.9 Å². The second-order valence-corrected chi connectivity index (χ2v) is 3.90. The van der Waals surface area contributed by atoms with Gasteiger partial charge >= 0.3 is 0 Å². The first-order valence-electron chi connectivity index (χ1n) is 4.73. The average molecular weight is 173 g/mol. The van der Waals surface area contributed by atoms with Crippen molar-refractivity contribution in [1.82, 2.24) is 0 Å². The van der Waals surface area contributed by atoms with Crippen molar-refractivity contribution in [2.45, 2.75) is 37.7 Å². The second-order valence-electron chi connectivity index (χ2n) is 3.90. The summed E-state index contributed by atoms with van der Waals surface area (Å²) in [5.74, 6) is 0.454. The Labute approximate surface area is 73.6 Å². The fourth-order valence-corrected chi connectivity index (χ4v) is 2.10. The van der Waals surface area contributed by atoms with E-state index in [2.05, 4.69) is 0 Å². The molecule has 2 atom stereocenters. The van der Waals surface area contributed by atoms with Crippen molar-refractivity contribution in [1.29, 1.82) is 0 Å². The Hall–Kier alpha value is -0.120. The van der Waals surface area contributed by atoms with E-state index in [0.29, 0.717) is 18.9 Å². The van der Waals surface area contributed by atoms with Gasteiger partial charge in [0.25, 0.3) is 0 Å². The molecule has 1 rings (SSSR count). The van der Waals surface area contributed by atoms with Gasteiger partial charge in [0.1, 0.15) is 0 Å². The van der Waals surface area contributed by atoms with E-state index in [-0.39, 0.29) is 6.61 Å². The molecule has 0 spiro atoms. The van der Waals surface area contributed by atoms with Gasteiger partial charge in [0, 0.05) is 6.61 Å². The van der Waals surface area contributed by atoms with E-state index < -0.39 is 5.60 Å². The van der Waals surface area contributed by atoms with Crippen molar-refractivity contribution in [2.24, 2.45) is 11.7 Å². The van der Waals surface area contributed by atoms with E-state index in [0.717, 1.165) is 25.7 Å². The predicted octanol–water partition coefficient (Wildman–Crippen LogP) is 0.249. The van der Waals surface area contributed by atoms with Crippen LogP contribution in [0.5, 0.6) is 0 Å². The fraction of sp³-hybridized carbons (Fsp3) is 1.00. The van der Waals surface area contributed by atoms with Crippen LogP contribution in [-0.2, 0) is 0 Å². The van der Waals surface area contributed by atoms with Gasteiger partial charge in [-0.2, -0.15) is 0 Å². The minimum atomic E-state index is -0.628. The summed E-state index contributed by atoms with van der Waals surface area (Å²) < 4.78 is 0. The Morgan fingerprint density at radius 2 is 2.25 bits per heavy atom. The zero-order valence-electron chi connectivity index (χ0n) is 7.50. The molecule has 3 nitrogen and oxygen atoms in total. The normalized spacial score (nSPS) is 36.8. The number of aliphatic hydroxyl groups excluding tert-OH is 1. The summed E-state index contributed by atoms with van der Waals surface area (Å²) in [5, 5.41) is 18.7. The Bertz CT molecular complexity index is 136. The van der Waals surface area contributed by atoms with E-state index in [4.69, 9.17) is 10.8 Å². The van der Waals surface area contributed by atoms with Crippen molar-refractivity contribution >= 4 is 0 Å². The van der Waals surface area contributed by atoms with Gasteiger partial charge in [-0.3, -0.25) is 0 Å². The topological polar surface area (TPSA) is 66.5 Å². The third kappa shape index (κ3) is 2.44. The molecule has 12 heavy (non-hydrogen) atoms. The lowest BCUT2D eigenvalue weighted by atomic mass is 9.76. The van der Waals surface area contributed by atoms with Crippen LogP contribution >= 0.6 is 0 Å². The van der Waals surface area contributed by atoms with Crippen LogP contribution < -0.4 is 5.73 Å². The third-order valence-corrected chi connectivity index (χ3v) is 2.83. The highest BCUT2D eigenvalue weighted by atomic mass is 16.3. The minimum Gasteiger partial charge on any atom is -0.396 e. The standard InChI is InChI=1S/C9H19NO2/c10-7-8-2-1-3-9(12,6-8)4-5-11/h8,11-12H,1-7,10H2. The van der Waals surface area contributed by atoms with Crippen molar-refractivity contribution in [3.63, 3.8) is 0 Å². The molecular formula is C9H19NO2. The van der Waals surface area contributed by atoms with Crippen molar-refractivity contribution in [2.75, 3.05) is 13.2 Å². The maximum atomic E-state index is 9.96. The lowest BCUT2D eigenvalue weighted by Gasteiger charge is -2.36. The maximum absolute atomic E-state index is 9.96. The molecule has 1 aliphatic carbocycles. The van der Waals surface area contributed by atoms with Gasteiger partial charge in [-0.25, -0.2) is 0 Å². The first-order chi connectivity index (χ1) is 5.70. The van der Waals surface area contributed by atoms with Gasteiger partial charge in [-0.15, -0.1) is 0 Å². The number of hydrogen-bond donors (Lipinski definition) is 3. The predicted molar refractivity (Wildman–Crippen MR) is 47.7 cm³/mol. The quantitative estimate of drug-likeness (QED) is 0.573. The van der Waals surface area contributed by atoms with Gasteiger partial charge in [0.2, 0.25) is 0 Å². The molecule has 0 amide bonds. The highest BCUT2D eigenvalue weighted by Gasteiger charge is 2.32. The van der Waals surface area contributed by atoms with Crippen LogP contribution in [0.25, 0.3) is 0 Å². The fourth-order valence-electron chi connectivity index (χ4n) is 2.10. The SMILES string of the molecule is NCC1CCCC(O)(CCO)C1. The van der Waals surface area contributed by atoms with Crippen molar-refractivity contribution < 1.29 is 10.2 Å². The Morgan fingerprint density at radius 3 is 2.83 bits per heavy atom. The van der Waals surface area contributed by atoms with Crippen LogP contribution in [0.1, 0.15) is 32.1 Å². The molecule has 2 unspecified atom stereocenters. The molecule has 3 heteroatoms. The first kappa shape index (κ1) is 9.96. The monoisotopic (exact) mass is 173 g/mol. The molecule has 72 valence electrons. The zero-order chi connectivity index (χ0) is 9.03. The molecule has 4 N–H and O–H groups in total. The minimum absolute atomic E-state index is 0.0772. The largest absolute Gasteiger partial charge is 0.396 e. The first-order valence-corrected chi connectivity index (χ1v) is 4.73. The summed E-state index contributed by atoms with van der Waals surface area (Å²) in [7, 11) is 0. The Kier molecular flexibility index (Phi) is 3.50. The highest BCUT2D eigenvalue weighted by Crippen LogP contribution is 2.33. The Balaban J connectivity index is 2.43. The third-order valence-electron chi connectivity index (χ3n) is 2.83. The number of aliphatic hydroxyl groups is 2. The van der Waals surface area contributed by atoms with Gasteiger partial charge in [0.15, 0.2) is 0 Å². The van der Waals surface area contributed by atoms with Crippen LogP contribution in [0.3, 0.4) is 0 Å². The van der Waals surface area contributed by atoms with Gasteiger partial charge in [-0.1, -0.05) is 6.42 Å². The lowest BCUT2D eigenvalue weighted by Crippen LogP contribution is -2.38. The van der Waals surface area contributed by atoms with E-state index in [9.17, 15) is 5.11 Å². The molecule has 0 saturated heterocycles. The second kappa shape index (κ2) is 4.21. The number of hydrogen-bond acceptors (Lipinski definition) is 3. The summed E-state index contributed by atoms with van der Waals surface area (Å²) in [4.78, 5) is 0. The molecule has 0 bridgehead atoms. The summed E-state index contributed by atoms with van der Waals surface area (Å²) in [6, 6.07) is 0. The van der Waals surface area contributed by atoms with Crippen LogP contribution in [0, 0.1) is 5.92 Å². The molecule has 0 radical (unpaired) electrons. The summed E-state index contributed by atoms with van der Waals surface area (Å²) in [5.41, 5.74) is 4.92. The summed E-state index contributed by atoms with van der Waals surface area (Å²) in [6.45, 7) is 0.738. The van der Waals surface area contributed by atoms with E-state index in [1.165, 1.54) is 0 Å². The van der Waals surface area contributed by atoms with Crippen LogP contribution in [0.2, 0.25) is 0 Å². The van der Waals surface area contributed by atoms with Crippen LogP contribution in [0.4, 0.5) is 0 Å². The van der Waals surface area contributed by atoms with Crippen LogP contribution in [0.15, 0.2) is 0 Å². The molecular weight excluding hydrogens is 154 g/mol. The molecule has 0 aliphatic heterocycles. The summed E-state index contributed by atoms with van der Waals surface area (Å²) >= 11 is 0. The maximum Gasteiger partial charge on any atom is 0.0672 e. The smallest absolute Gasteiger partial charge is 0.0672 e. The number of nitrogens with two attached hydrogens (primary N) is 1. The molecule has 0 aromatic carbocycles. The highest BCUT2D eigenvalue weighted by molar-refractivity contribution is 4.86. The van der Waals surface area contributed by atoms with E-state index in [1.807, 2.05) is 0 Å². The lowest BCUT2D eigenvalue weighted by molar-refractivity contribution is -0.0323.